The smallest absolute Gasteiger partial charge is 0.265 e. The number of hydrogen-bond acceptors (Lipinski definition) is 4. The van der Waals surface area contributed by atoms with E-state index in [1.165, 1.54) is 0 Å². The SMILES string of the molecule is CCC(O)CCNC(=O)C1Oc2ccccc2OC1C. The van der Waals surface area contributed by atoms with Gasteiger partial charge in [0.25, 0.3) is 5.91 Å². The molecule has 0 saturated carbocycles. The molecule has 0 spiro atoms. The lowest BCUT2D eigenvalue weighted by molar-refractivity contribution is -0.133. The largest absolute Gasteiger partial charge is 0.482 e. The van der Waals surface area contributed by atoms with Crippen LogP contribution in [-0.4, -0.2) is 35.9 Å². The first-order valence-electron chi connectivity index (χ1n) is 7.00. The molecule has 0 saturated heterocycles. The number of aliphatic hydroxyl groups is 1. The predicted molar refractivity (Wildman–Crippen MR) is 74.9 cm³/mol. The van der Waals surface area contributed by atoms with Gasteiger partial charge in [-0.15, -0.1) is 0 Å². The third kappa shape index (κ3) is 3.42. The normalized spacial score (nSPS) is 22.1. The van der Waals surface area contributed by atoms with Crippen molar-refractivity contribution < 1.29 is 19.4 Å². The molecule has 1 aliphatic heterocycles. The lowest BCUT2D eigenvalue weighted by Gasteiger charge is -2.31. The minimum atomic E-state index is -0.663. The lowest BCUT2D eigenvalue weighted by Crippen LogP contribution is -2.49. The van der Waals surface area contributed by atoms with Gasteiger partial charge >= 0.3 is 0 Å². The fraction of sp³-hybridized carbons (Fsp3) is 0.533. The van der Waals surface area contributed by atoms with Crippen molar-refractivity contribution in [3.8, 4) is 11.5 Å². The van der Waals surface area contributed by atoms with Crippen molar-refractivity contribution in [2.24, 2.45) is 0 Å². The van der Waals surface area contributed by atoms with Crippen molar-refractivity contribution in [3.63, 3.8) is 0 Å². The third-order valence-corrected chi connectivity index (χ3v) is 3.35. The van der Waals surface area contributed by atoms with Gasteiger partial charge in [0, 0.05) is 6.54 Å². The van der Waals surface area contributed by atoms with E-state index >= 15 is 0 Å². The maximum Gasteiger partial charge on any atom is 0.265 e. The van der Waals surface area contributed by atoms with Gasteiger partial charge in [-0.3, -0.25) is 4.79 Å². The van der Waals surface area contributed by atoms with Crippen LogP contribution in [-0.2, 0) is 4.79 Å². The Labute approximate surface area is 118 Å². The topological polar surface area (TPSA) is 67.8 Å². The summed E-state index contributed by atoms with van der Waals surface area (Å²) in [5.74, 6) is 1.03. The summed E-state index contributed by atoms with van der Waals surface area (Å²) in [6.07, 6.45) is -0.162. The van der Waals surface area contributed by atoms with Gasteiger partial charge in [-0.25, -0.2) is 0 Å². The van der Waals surface area contributed by atoms with E-state index in [1.54, 1.807) is 13.0 Å². The van der Waals surface area contributed by atoms with Gasteiger partial charge in [-0.1, -0.05) is 19.1 Å². The molecule has 1 aliphatic rings. The van der Waals surface area contributed by atoms with E-state index in [4.69, 9.17) is 9.47 Å². The molecule has 1 aromatic carbocycles. The first kappa shape index (κ1) is 14.7. The molecule has 5 heteroatoms. The molecule has 20 heavy (non-hydrogen) atoms. The zero-order valence-electron chi connectivity index (χ0n) is 11.8. The quantitative estimate of drug-likeness (QED) is 0.857. The molecule has 2 rings (SSSR count). The van der Waals surface area contributed by atoms with Crippen LogP contribution in [0.4, 0.5) is 0 Å². The number of fused-ring (bicyclic) bond motifs is 1. The summed E-state index contributed by atoms with van der Waals surface area (Å²) in [4.78, 5) is 12.1. The maximum absolute atomic E-state index is 12.1. The van der Waals surface area contributed by atoms with Crippen LogP contribution >= 0.6 is 0 Å². The van der Waals surface area contributed by atoms with Crippen LogP contribution in [0.2, 0.25) is 0 Å². The van der Waals surface area contributed by atoms with Crippen LogP contribution < -0.4 is 14.8 Å². The van der Waals surface area contributed by atoms with Crippen molar-refractivity contribution in [3.05, 3.63) is 24.3 Å². The Morgan fingerprint density at radius 1 is 1.35 bits per heavy atom. The lowest BCUT2D eigenvalue weighted by atomic mass is 10.1. The van der Waals surface area contributed by atoms with Gasteiger partial charge in [0.2, 0.25) is 6.10 Å². The number of aliphatic hydroxyl groups excluding tert-OH is 1. The number of para-hydroxylation sites is 2. The molecule has 5 nitrogen and oxygen atoms in total. The fourth-order valence-corrected chi connectivity index (χ4v) is 2.07. The molecule has 2 N–H and O–H groups in total. The first-order chi connectivity index (χ1) is 9.61. The number of nitrogens with one attached hydrogen (secondary N) is 1. The second kappa shape index (κ2) is 6.61. The van der Waals surface area contributed by atoms with Crippen LogP contribution in [0.3, 0.4) is 0 Å². The van der Waals surface area contributed by atoms with Crippen molar-refractivity contribution in [2.45, 2.75) is 45.0 Å². The van der Waals surface area contributed by atoms with Crippen LogP contribution in [0.15, 0.2) is 24.3 Å². The zero-order valence-corrected chi connectivity index (χ0v) is 11.8. The summed E-state index contributed by atoms with van der Waals surface area (Å²) in [7, 11) is 0. The van der Waals surface area contributed by atoms with Gasteiger partial charge in [0.1, 0.15) is 6.10 Å². The minimum absolute atomic E-state index is 0.213. The van der Waals surface area contributed by atoms with Crippen LogP contribution in [0.5, 0.6) is 11.5 Å². The second-order valence-corrected chi connectivity index (χ2v) is 4.95. The Kier molecular flexibility index (Phi) is 4.84. The van der Waals surface area contributed by atoms with E-state index in [-0.39, 0.29) is 18.1 Å². The van der Waals surface area contributed by atoms with Crippen molar-refractivity contribution >= 4 is 5.91 Å². The second-order valence-electron chi connectivity index (χ2n) is 4.95. The third-order valence-electron chi connectivity index (χ3n) is 3.35. The molecule has 0 fully saturated rings. The molecule has 110 valence electrons. The molecule has 0 aliphatic carbocycles. The highest BCUT2D eigenvalue weighted by atomic mass is 16.6. The maximum atomic E-state index is 12.1. The van der Waals surface area contributed by atoms with Crippen LogP contribution in [0.1, 0.15) is 26.7 Å². The molecule has 3 unspecified atom stereocenters. The Morgan fingerprint density at radius 3 is 2.65 bits per heavy atom. The highest BCUT2D eigenvalue weighted by Gasteiger charge is 2.33. The molecule has 1 aromatic rings. The summed E-state index contributed by atoms with van der Waals surface area (Å²) in [6.45, 7) is 4.15. The van der Waals surface area contributed by atoms with Gasteiger partial charge < -0.3 is 19.9 Å². The average Bonchev–Trinajstić information content (AvgIpc) is 2.46. The number of rotatable bonds is 5. The van der Waals surface area contributed by atoms with E-state index in [2.05, 4.69) is 5.32 Å². The minimum Gasteiger partial charge on any atom is -0.482 e. The van der Waals surface area contributed by atoms with Crippen molar-refractivity contribution in [2.75, 3.05) is 6.54 Å². The van der Waals surface area contributed by atoms with Gasteiger partial charge in [-0.2, -0.15) is 0 Å². The Morgan fingerprint density at radius 2 is 2.00 bits per heavy atom. The molecule has 1 heterocycles. The molecular formula is C15H21NO4. The zero-order chi connectivity index (χ0) is 14.5. The molecule has 0 bridgehead atoms. The number of amides is 1. The van der Waals surface area contributed by atoms with Crippen LogP contribution in [0, 0.1) is 0 Å². The van der Waals surface area contributed by atoms with E-state index in [0.29, 0.717) is 30.9 Å². The van der Waals surface area contributed by atoms with Crippen molar-refractivity contribution in [1.29, 1.82) is 0 Å². The number of ether oxygens (including phenoxy) is 2. The fourth-order valence-electron chi connectivity index (χ4n) is 2.07. The Hall–Kier alpha value is -1.75. The van der Waals surface area contributed by atoms with Crippen LogP contribution in [0.25, 0.3) is 0 Å². The molecule has 0 radical (unpaired) electrons. The summed E-state index contributed by atoms with van der Waals surface area (Å²) >= 11 is 0. The van der Waals surface area contributed by atoms with Crippen molar-refractivity contribution in [1.82, 2.24) is 5.32 Å². The Balaban J connectivity index is 1.91. The molecular weight excluding hydrogens is 258 g/mol. The molecule has 1 amide bonds. The molecule has 0 aromatic heterocycles. The monoisotopic (exact) mass is 279 g/mol. The summed E-state index contributed by atoms with van der Waals surface area (Å²) in [5.41, 5.74) is 0. The average molecular weight is 279 g/mol. The standard InChI is InChI=1S/C15H21NO4/c1-3-11(17)8-9-16-15(18)14-10(2)19-12-6-4-5-7-13(12)20-14/h4-7,10-11,14,17H,3,8-9H2,1-2H3,(H,16,18). The summed E-state index contributed by atoms with van der Waals surface area (Å²) in [6, 6.07) is 7.30. The number of carbonyl (C=O) groups excluding carboxylic acids is 1. The highest BCUT2D eigenvalue weighted by Crippen LogP contribution is 2.33. The summed E-state index contributed by atoms with van der Waals surface area (Å²) in [5, 5.41) is 12.2. The first-order valence-corrected chi connectivity index (χ1v) is 7.00. The summed E-state index contributed by atoms with van der Waals surface area (Å²) < 4.78 is 11.4. The predicted octanol–water partition coefficient (Wildman–Crippen LogP) is 1.49. The van der Waals surface area contributed by atoms with Gasteiger partial charge in [0.15, 0.2) is 11.5 Å². The van der Waals surface area contributed by atoms with E-state index in [1.807, 2.05) is 25.1 Å². The van der Waals surface area contributed by atoms with E-state index in [0.717, 1.165) is 0 Å². The number of carbonyl (C=O) groups is 1. The van der Waals surface area contributed by atoms with Gasteiger partial charge in [0.05, 0.1) is 6.10 Å². The Bertz CT molecular complexity index is 463. The van der Waals surface area contributed by atoms with E-state index in [9.17, 15) is 9.90 Å². The number of benzene rings is 1. The van der Waals surface area contributed by atoms with E-state index < -0.39 is 6.10 Å². The number of hydrogen-bond donors (Lipinski definition) is 2. The molecule has 3 atom stereocenters. The van der Waals surface area contributed by atoms with Gasteiger partial charge in [-0.05, 0) is 31.9 Å². The highest BCUT2D eigenvalue weighted by molar-refractivity contribution is 5.82.